The number of rotatable bonds is 1. The molecule has 0 amide bonds. The number of alkyl halides is 1. The van der Waals surface area contributed by atoms with Gasteiger partial charge < -0.3 is 5.11 Å². The molecular weight excluding hydrogens is 192 g/mol. The van der Waals surface area contributed by atoms with Crippen LogP contribution in [-0.4, -0.2) is 16.0 Å². The summed E-state index contributed by atoms with van der Waals surface area (Å²) in [6, 6.07) is 0. The summed E-state index contributed by atoms with van der Waals surface area (Å²) in [6.45, 7) is 2.14. The average molecular weight is 207 g/mol. The molecule has 0 radical (unpaired) electrons. The number of aliphatic hydroxyl groups is 1. The Labute approximate surface area is 70.9 Å². The maximum absolute atomic E-state index is 9.90. The van der Waals surface area contributed by atoms with Crippen molar-refractivity contribution in [3.05, 3.63) is 0 Å². The molecule has 1 fully saturated rings. The number of hydrogen-bond donors (Lipinski definition) is 1. The zero-order valence-electron chi connectivity index (χ0n) is 6.44. The SMILES string of the molecule is C[C@@H]1CCCC[C@]1(O)CBr. The van der Waals surface area contributed by atoms with Crippen LogP contribution in [0.3, 0.4) is 0 Å². The van der Waals surface area contributed by atoms with Crippen LogP contribution in [0.2, 0.25) is 0 Å². The van der Waals surface area contributed by atoms with Gasteiger partial charge in [0.05, 0.1) is 5.60 Å². The molecule has 1 aliphatic rings. The molecule has 2 atom stereocenters. The van der Waals surface area contributed by atoms with Crippen LogP contribution in [0, 0.1) is 5.92 Å². The van der Waals surface area contributed by atoms with Crippen LogP contribution < -0.4 is 0 Å². The van der Waals surface area contributed by atoms with Crippen molar-refractivity contribution in [2.24, 2.45) is 5.92 Å². The average Bonchev–Trinajstić information content (AvgIpc) is 1.96. The molecule has 0 saturated heterocycles. The van der Waals surface area contributed by atoms with Gasteiger partial charge in [-0.3, -0.25) is 0 Å². The summed E-state index contributed by atoms with van der Waals surface area (Å²) in [6.07, 6.45) is 4.63. The van der Waals surface area contributed by atoms with E-state index in [1.165, 1.54) is 19.3 Å². The Hall–Kier alpha value is 0.440. The van der Waals surface area contributed by atoms with E-state index >= 15 is 0 Å². The monoisotopic (exact) mass is 206 g/mol. The smallest absolute Gasteiger partial charge is 0.0769 e. The van der Waals surface area contributed by atoms with Crippen LogP contribution in [-0.2, 0) is 0 Å². The summed E-state index contributed by atoms with van der Waals surface area (Å²) >= 11 is 3.36. The van der Waals surface area contributed by atoms with Gasteiger partial charge in [0, 0.05) is 5.33 Å². The van der Waals surface area contributed by atoms with Crippen molar-refractivity contribution < 1.29 is 5.11 Å². The molecule has 0 aromatic rings. The maximum Gasteiger partial charge on any atom is 0.0769 e. The zero-order valence-corrected chi connectivity index (χ0v) is 8.02. The van der Waals surface area contributed by atoms with Gasteiger partial charge in [-0.15, -0.1) is 0 Å². The lowest BCUT2D eigenvalue weighted by atomic mass is 9.78. The van der Waals surface area contributed by atoms with Crippen LogP contribution >= 0.6 is 15.9 Å². The molecule has 1 aliphatic carbocycles. The molecule has 1 saturated carbocycles. The molecule has 0 spiro atoms. The first-order chi connectivity index (χ1) is 4.69. The number of hydrogen-bond acceptors (Lipinski definition) is 1. The second-order valence-corrected chi connectivity index (χ2v) is 3.94. The molecule has 2 heteroatoms. The fraction of sp³-hybridized carbons (Fsp3) is 1.00. The Balaban J connectivity index is 2.54. The third-order valence-corrected chi connectivity index (χ3v) is 3.62. The minimum absolute atomic E-state index is 0.405. The summed E-state index contributed by atoms with van der Waals surface area (Å²) in [7, 11) is 0. The van der Waals surface area contributed by atoms with Crippen molar-refractivity contribution in [2.45, 2.75) is 38.2 Å². The molecule has 60 valence electrons. The lowest BCUT2D eigenvalue weighted by Crippen LogP contribution is -2.40. The predicted octanol–water partition coefficient (Wildman–Crippen LogP) is 2.32. The van der Waals surface area contributed by atoms with Crippen LogP contribution in [0.15, 0.2) is 0 Å². The van der Waals surface area contributed by atoms with Crippen molar-refractivity contribution in [1.82, 2.24) is 0 Å². The Morgan fingerprint density at radius 3 is 2.70 bits per heavy atom. The molecule has 1 N–H and O–H groups in total. The van der Waals surface area contributed by atoms with Gasteiger partial charge in [-0.05, 0) is 18.8 Å². The molecule has 1 nitrogen and oxygen atoms in total. The van der Waals surface area contributed by atoms with Gasteiger partial charge in [0.15, 0.2) is 0 Å². The summed E-state index contributed by atoms with van der Waals surface area (Å²) in [5.41, 5.74) is -0.405. The van der Waals surface area contributed by atoms with Gasteiger partial charge in [-0.1, -0.05) is 35.7 Å². The highest BCUT2D eigenvalue weighted by atomic mass is 79.9. The summed E-state index contributed by atoms with van der Waals surface area (Å²) < 4.78 is 0. The second kappa shape index (κ2) is 3.22. The third kappa shape index (κ3) is 1.54. The fourth-order valence-electron chi connectivity index (χ4n) is 1.60. The van der Waals surface area contributed by atoms with Crippen LogP contribution in [0.1, 0.15) is 32.6 Å². The van der Waals surface area contributed by atoms with E-state index < -0.39 is 5.60 Å². The molecule has 0 bridgehead atoms. The summed E-state index contributed by atoms with van der Waals surface area (Å²) in [5, 5.41) is 10.6. The quantitative estimate of drug-likeness (QED) is 0.654. The van der Waals surface area contributed by atoms with E-state index in [2.05, 4.69) is 22.9 Å². The first kappa shape index (κ1) is 8.54. The molecule has 0 aliphatic heterocycles. The minimum atomic E-state index is -0.405. The van der Waals surface area contributed by atoms with Gasteiger partial charge >= 0.3 is 0 Å². The van der Waals surface area contributed by atoms with Crippen molar-refractivity contribution >= 4 is 15.9 Å². The molecule has 10 heavy (non-hydrogen) atoms. The van der Waals surface area contributed by atoms with Crippen LogP contribution in [0.25, 0.3) is 0 Å². The molecule has 0 aromatic carbocycles. The van der Waals surface area contributed by atoms with E-state index in [-0.39, 0.29) is 0 Å². The van der Waals surface area contributed by atoms with E-state index in [0.29, 0.717) is 5.92 Å². The van der Waals surface area contributed by atoms with E-state index in [1.807, 2.05) is 0 Å². The topological polar surface area (TPSA) is 20.2 Å². The highest BCUT2D eigenvalue weighted by Gasteiger charge is 2.34. The van der Waals surface area contributed by atoms with E-state index in [4.69, 9.17) is 0 Å². The maximum atomic E-state index is 9.90. The van der Waals surface area contributed by atoms with E-state index in [1.54, 1.807) is 0 Å². The minimum Gasteiger partial charge on any atom is -0.389 e. The number of halogens is 1. The highest BCUT2D eigenvalue weighted by Crippen LogP contribution is 2.34. The standard InChI is InChI=1S/C8H15BrO/c1-7-4-2-3-5-8(7,10)6-9/h7,10H,2-6H2,1H3/t7-,8+/m1/s1. The van der Waals surface area contributed by atoms with E-state index in [9.17, 15) is 5.11 Å². The Kier molecular flexibility index (Phi) is 2.75. The largest absolute Gasteiger partial charge is 0.389 e. The lowest BCUT2D eigenvalue weighted by Gasteiger charge is -2.36. The van der Waals surface area contributed by atoms with Crippen molar-refractivity contribution in [2.75, 3.05) is 5.33 Å². The molecule has 0 aromatic heterocycles. The summed E-state index contributed by atoms with van der Waals surface area (Å²) in [4.78, 5) is 0. The van der Waals surface area contributed by atoms with E-state index in [0.717, 1.165) is 11.8 Å². The van der Waals surface area contributed by atoms with Gasteiger partial charge in [-0.25, -0.2) is 0 Å². The molecule has 0 unspecified atom stereocenters. The zero-order chi connectivity index (χ0) is 7.61. The molecular formula is C8H15BrO. The Morgan fingerprint density at radius 1 is 1.60 bits per heavy atom. The molecule has 0 heterocycles. The van der Waals surface area contributed by atoms with Gasteiger partial charge in [-0.2, -0.15) is 0 Å². The summed E-state index contributed by atoms with van der Waals surface area (Å²) in [5.74, 6) is 0.473. The lowest BCUT2D eigenvalue weighted by molar-refractivity contribution is -0.0183. The van der Waals surface area contributed by atoms with Crippen molar-refractivity contribution in [3.8, 4) is 0 Å². The Bertz CT molecular complexity index is 116. The normalized spacial score (nSPS) is 41.7. The van der Waals surface area contributed by atoms with Gasteiger partial charge in [0.2, 0.25) is 0 Å². The Morgan fingerprint density at radius 2 is 2.30 bits per heavy atom. The van der Waals surface area contributed by atoms with Gasteiger partial charge in [0.25, 0.3) is 0 Å². The highest BCUT2D eigenvalue weighted by molar-refractivity contribution is 9.09. The second-order valence-electron chi connectivity index (χ2n) is 3.38. The predicted molar refractivity (Wildman–Crippen MR) is 46.4 cm³/mol. The first-order valence-corrected chi connectivity index (χ1v) is 5.09. The van der Waals surface area contributed by atoms with Gasteiger partial charge in [0.1, 0.15) is 0 Å². The third-order valence-electron chi connectivity index (χ3n) is 2.65. The van der Waals surface area contributed by atoms with Crippen molar-refractivity contribution in [3.63, 3.8) is 0 Å². The fourth-order valence-corrected chi connectivity index (χ4v) is 2.43. The first-order valence-electron chi connectivity index (χ1n) is 3.97. The van der Waals surface area contributed by atoms with Crippen LogP contribution in [0.5, 0.6) is 0 Å². The van der Waals surface area contributed by atoms with Crippen molar-refractivity contribution in [1.29, 1.82) is 0 Å². The molecule has 1 rings (SSSR count). The van der Waals surface area contributed by atoms with Crippen LogP contribution in [0.4, 0.5) is 0 Å².